The van der Waals surface area contributed by atoms with Crippen LogP contribution in [-0.4, -0.2) is 32.3 Å². The zero-order chi connectivity index (χ0) is 14.1. The molecule has 8 heteroatoms. The monoisotopic (exact) mass is 306 g/mol. The average Bonchev–Trinajstić information content (AvgIpc) is 3.18. The fraction of sp³-hybridized carbons (Fsp3) is 0.333. The molecule has 0 saturated heterocycles. The number of nitrogens with one attached hydrogen (secondary N) is 1. The van der Waals surface area contributed by atoms with Gasteiger partial charge in [-0.2, -0.15) is 0 Å². The summed E-state index contributed by atoms with van der Waals surface area (Å²) in [5, 5.41) is 20.4. The summed E-state index contributed by atoms with van der Waals surface area (Å²) in [6, 6.07) is 6.31. The molecule has 1 fully saturated rings. The van der Waals surface area contributed by atoms with Crippen LogP contribution in [0.15, 0.2) is 33.1 Å². The van der Waals surface area contributed by atoms with E-state index in [1.807, 2.05) is 29.1 Å². The van der Waals surface area contributed by atoms with Crippen LogP contribution in [0.4, 0.5) is 0 Å². The third kappa shape index (κ3) is 2.53. The van der Waals surface area contributed by atoms with E-state index in [4.69, 9.17) is 11.1 Å². The van der Waals surface area contributed by atoms with E-state index in [2.05, 4.69) is 15.5 Å². The number of hydrogen-bond donors (Lipinski definition) is 2. The molecule has 0 unspecified atom stereocenters. The van der Waals surface area contributed by atoms with Crippen LogP contribution in [0.25, 0.3) is 0 Å². The predicted molar refractivity (Wildman–Crippen MR) is 79.5 cm³/mol. The predicted octanol–water partition coefficient (Wildman–Crippen LogP) is 2.17. The van der Waals surface area contributed by atoms with Crippen molar-refractivity contribution in [3.8, 4) is 0 Å². The van der Waals surface area contributed by atoms with E-state index in [-0.39, 0.29) is 5.84 Å². The van der Waals surface area contributed by atoms with Gasteiger partial charge in [0.25, 0.3) is 0 Å². The number of nitrogens with two attached hydrogens (primary N) is 1. The molecule has 1 saturated carbocycles. The first kappa shape index (κ1) is 13.4. The summed E-state index contributed by atoms with van der Waals surface area (Å²) in [6.45, 7) is 0. The van der Waals surface area contributed by atoms with Crippen LogP contribution >= 0.6 is 23.5 Å². The van der Waals surface area contributed by atoms with Gasteiger partial charge in [0, 0.05) is 15.4 Å². The van der Waals surface area contributed by atoms with E-state index in [1.165, 1.54) is 11.8 Å². The van der Waals surface area contributed by atoms with Crippen molar-refractivity contribution in [3.63, 3.8) is 0 Å². The SMILES string of the molecule is CSc1cccc(Sc2nnnn2C2CC2)c1C(=N)N. The first-order valence-electron chi connectivity index (χ1n) is 6.18. The molecule has 0 amide bonds. The minimum Gasteiger partial charge on any atom is -0.384 e. The van der Waals surface area contributed by atoms with Crippen LogP contribution < -0.4 is 5.73 Å². The molecule has 1 aromatic heterocycles. The third-order valence-electron chi connectivity index (χ3n) is 3.03. The minimum absolute atomic E-state index is 0.0721. The van der Waals surface area contributed by atoms with Crippen LogP contribution in [0.3, 0.4) is 0 Å². The highest BCUT2D eigenvalue weighted by Crippen LogP contribution is 2.39. The minimum atomic E-state index is 0.0721. The summed E-state index contributed by atoms with van der Waals surface area (Å²) in [6.07, 6.45) is 4.23. The lowest BCUT2D eigenvalue weighted by Crippen LogP contribution is -2.14. The van der Waals surface area contributed by atoms with Gasteiger partial charge in [-0.25, -0.2) is 4.68 Å². The quantitative estimate of drug-likeness (QED) is 0.499. The Morgan fingerprint density at radius 3 is 2.80 bits per heavy atom. The number of tetrazole rings is 1. The molecule has 0 radical (unpaired) electrons. The molecule has 6 nitrogen and oxygen atoms in total. The Labute approximate surface area is 125 Å². The second-order valence-corrected chi connectivity index (χ2v) is 6.34. The second-order valence-electron chi connectivity index (χ2n) is 4.49. The van der Waals surface area contributed by atoms with Gasteiger partial charge in [-0.1, -0.05) is 6.07 Å². The van der Waals surface area contributed by atoms with Gasteiger partial charge in [0.05, 0.1) is 6.04 Å². The van der Waals surface area contributed by atoms with Crippen molar-refractivity contribution in [3.05, 3.63) is 23.8 Å². The fourth-order valence-corrected chi connectivity index (χ4v) is 3.66. The lowest BCUT2D eigenvalue weighted by Gasteiger charge is -2.11. The summed E-state index contributed by atoms with van der Waals surface area (Å²) in [4.78, 5) is 1.91. The maximum atomic E-state index is 7.79. The largest absolute Gasteiger partial charge is 0.384 e. The third-order valence-corrected chi connectivity index (χ3v) is 4.83. The molecule has 0 aliphatic heterocycles. The van der Waals surface area contributed by atoms with Crippen molar-refractivity contribution in [2.45, 2.75) is 33.8 Å². The lowest BCUT2D eigenvalue weighted by molar-refractivity contribution is 0.565. The number of benzene rings is 1. The summed E-state index contributed by atoms with van der Waals surface area (Å²) in [5.41, 5.74) is 6.49. The molecule has 1 aromatic carbocycles. The second kappa shape index (κ2) is 5.45. The molecule has 3 N–H and O–H groups in total. The van der Waals surface area contributed by atoms with Crippen molar-refractivity contribution in [2.24, 2.45) is 5.73 Å². The number of thioether (sulfide) groups is 1. The lowest BCUT2D eigenvalue weighted by atomic mass is 10.2. The van der Waals surface area contributed by atoms with Crippen LogP contribution in [0.1, 0.15) is 24.4 Å². The molecule has 0 spiro atoms. The standard InChI is InChI=1S/C12H14N6S2/c1-19-8-3-2-4-9(10(8)11(13)14)20-12-15-16-17-18(12)7-5-6-7/h2-4,7H,5-6H2,1H3,(H3,13,14). The molecule has 0 atom stereocenters. The van der Waals surface area contributed by atoms with E-state index in [0.717, 1.165) is 33.4 Å². The Hall–Kier alpha value is -1.54. The van der Waals surface area contributed by atoms with Crippen LogP contribution in [-0.2, 0) is 0 Å². The average molecular weight is 306 g/mol. The van der Waals surface area contributed by atoms with Crippen molar-refractivity contribution in [1.82, 2.24) is 20.2 Å². The molecule has 1 aliphatic rings. The molecule has 20 heavy (non-hydrogen) atoms. The first-order chi connectivity index (χ1) is 9.70. The molecule has 104 valence electrons. The zero-order valence-electron chi connectivity index (χ0n) is 10.9. The first-order valence-corrected chi connectivity index (χ1v) is 8.22. The van der Waals surface area contributed by atoms with Crippen molar-refractivity contribution < 1.29 is 0 Å². The van der Waals surface area contributed by atoms with Gasteiger partial charge in [-0.05, 0) is 53.4 Å². The Morgan fingerprint density at radius 1 is 1.40 bits per heavy atom. The molecular formula is C12H14N6S2. The van der Waals surface area contributed by atoms with E-state index in [1.54, 1.807) is 11.8 Å². The molecule has 1 aliphatic carbocycles. The van der Waals surface area contributed by atoms with E-state index >= 15 is 0 Å². The molecule has 1 heterocycles. The number of amidine groups is 1. The Balaban J connectivity index is 1.97. The van der Waals surface area contributed by atoms with Gasteiger partial charge in [-0.15, -0.1) is 16.9 Å². The van der Waals surface area contributed by atoms with Gasteiger partial charge in [0.1, 0.15) is 5.84 Å². The van der Waals surface area contributed by atoms with Crippen molar-refractivity contribution in [1.29, 1.82) is 5.41 Å². The van der Waals surface area contributed by atoms with Gasteiger partial charge < -0.3 is 5.73 Å². The number of rotatable bonds is 5. The normalized spacial score (nSPS) is 14.4. The fourth-order valence-electron chi connectivity index (χ4n) is 1.93. The number of nitrogens with zero attached hydrogens (tertiary/aromatic N) is 4. The number of hydrogen-bond acceptors (Lipinski definition) is 6. The summed E-state index contributed by atoms with van der Waals surface area (Å²) < 4.78 is 1.86. The van der Waals surface area contributed by atoms with E-state index < -0.39 is 0 Å². The van der Waals surface area contributed by atoms with Crippen LogP contribution in [0, 0.1) is 5.41 Å². The van der Waals surface area contributed by atoms with E-state index in [0.29, 0.717) is 6.04 Å². The number of aromatic nitrogens is 4. The highest BCUT2D eigenvalue weighted by atomic mass is 32.2. The van der Waals surface area contributed by atoms with Gasteiger partial charge in [-0.3, -0.25) is 5.41 Å². The van der Waals surface area contributed by atoms with Gasteiger partial charge in [0.2, 0.25) is 5.16 Å². The smallest absolute Gasteiger partial charge is 0.214 e. The summed E-state index contributed by atoms with van der Waals surface area (Å²) in [7, 11) is 0. The van der Waals surface area contributed by atoms with Gasteiger partial charge in [0.15, 0.2) is 0 Å². The highest BCUT2D eigenvalue weighted by molar-refractivity contribution is 7.99. The Bertz CT molecular complexity index is 649. The maximum absolute atomic E-state index is 7.79. The topological polar surface area (TPSA) is 93.5 Å². The molecular weight excluding hydrogens is 292 g/mol. The van der Waals surface area contributed by atoms with E-state index in [9.17, 15) is 0 Å². The number of nitrogen functional groups attached to an aromatic ring is 1. The van der Waals surface area contributed by atoms with Crippen molar-refractivity contribution in [2.75, 3.05) is 6.26 Å². The van der Waals surface area contributed by atoms with Crippen molar-refractivity contribution >= 4 is 29.4 Å². The maximum Gasteiger partial charge on any atom is 0.214 e. The zero-order valence-corrected chi connectivity index (χ0v) is 12.5. The van der Waals surface area contributed by atoms with Gasteiger partial charge >= 0.3 is 0 Å². The molecule has 2 aromatic rings. The summed E-state index contributed by atoms with van der Waals surface area (Å²) >= 11 is 3.05. The Morgan fingerprint density at radius 2 is 2.15 bits per heavy atom. The summed E-state index contributed by atoms with van der Waals surface area (Å²) in [5.74, 6) is 0.0721. The molecule has 0 bridgehead atoms. The molecule has 3 rings (SSSR count). The van der Waals surface area contributed by atoms with Crippen LogP contribution in [0.5, 0.6) is 0 Å². The van der Waals surface area contributed by atoms with Crippen LogP contribution in [0.2, 0.25) is 0 Å². The Kier molecular flexibility index (Phi) is 3.66. The highest BCUT2D eigenvalue weighted by Gasteiger charge is 2.28.